The predicted octanol–water partition coefficient (Wildman–Crippen LogP) is 4.16. The third-order valence-electron chi connectivity index (χ3n) is 3.35. The fourth-order valence-corrected chi connectivity index (χ4v) is 3.16. The van der Waals surface area contributed by atoms with Gasteiger partial charge in [0.2, 0.25) is 0 Å². The standard InChI is InChI=1S/C16H11F3N2O3S/c17-16(18,19)12-3-7-14(8-4-12)25(22,23)21-13-5-1-11(2-6-13)15-9-20-10-24-15/h1-10,21H. The number of hydrogen-bond donors (Lipinski definition) is 1. The fraction of sp³-hybridized carbons (Fsp3) is 0.0625. The number of oxazole rings is 1. The van der Waals surface area contributed by atoms with Gasteiger partial charge >= 0.3 is 6.18 Å². The first-order valence-electron chi connectivity index (χ1n) is 6.95. The second-order valence-corrected chi connectivity index (χ2v) is 6.75. The molecule has 9 heteroatoms. The number of halogens is 3. The van der Waals surface area contributed by atoms with E-state index in [0.29, 0.717) is 11.3 Å². The number of rotatable bonds is 4. The summed E-state index contributed by atoms with van der Waals surface area (Å²) in [5.41, 5.74) is 0.0565. The van der Waals surface area contributed by atoms with Gasteiger partial charge in [0.05, 0.1) is 16.7 Å². The number of sulfonamides is 1. The van der Waals surface area contributed by atoms with Crippen LogP contribution in [-0.4, -0.2) is 13.4 Å². The van der Waals surface area contributed by atoms with E-state index in [-0.39, 0.29) is 10.6 Å². The van der Waals surface area contributed by atoms with Crippen LogP contribution in [0, 0.1) is 0 Å². The van der Waals surface area contributed by atoms with Crippen molar-refractivity contribution in [2.75, 3.05) is 4.72 Å². The molecule has 0 fully saturated rings. The summed E-state index contributed by atoms with van der Waals surface area (Å²) in [6.07, 6.45) is -1.73. The summed E-state index contributed by atoms with van der Waals surface area (Å²) < 4.78 is 69.6. The van der Waals surface area contributed by atoms with Crippen LogP contribution < -0.4 is 4.72 Å². The van der Waals surface area contributed by atoms with Gasteiger partial charge in [-0.25, -0.2) is 13.4 Å². The SMILES string of the molecule is O=S(=O)(Nc1ccc(-c2cnco2)cc1)c1ccc(C(F)(F)F)cc1. The Balaban J connectivity index is 1.79. The molecule has 0 saturated carbocycles. The molecule has 1 aromatic heterocycles. The molecule has 0 saturated heterocycles. The Kier molecular flexibility index (Phi) is 4.25. The quantitative estimate of drug-likeness (QED) is 0.751. The normalized spacial score (nSPS) is 12.1. The van der Waals surface area contributed by atoms with E-state index in [2.05, 4.69) is 9.71 Å². The molecule has 0 aliphatic carbocycles. The Hall–Kier alpha value is -2.81. The minimum atomic E-state index is -4.52. The molecule has 3 rings (SSSR count). The van der Waals surface area contributed by atoms with Gasteiger partial charge in [-0.05, 0) is 48.5 Å². The van der Waals surface area contributed by atoms with Crippen molar-refractivity contribution >= 4 is 15.7 Å². The van der Waals surface area contributed by atoms with Gasteiger partial charge in [0.15, 0.2) is 12.2 Å². The number of anilines is 1. The van der Waals surface area contributed by atoms with E-state index in [1.165, 1.54) is 24.7 Å². The van der Waals surface area contributed by atoms with Crippen LogP contribution in [0.25, 0.3) is 11.3 Å². The average Bonchev–Trinajstić information content (AvgIpc) is 3.09. The topological polar surface area (TPSA) is 72.2 Å². The van der Waals surface area contributed by atoms with Crippen LogP contribution in [-0.2, 0) is 16.2 Å². The maximum Gasteiger partial charge on any atom is 0.416 e. The van der Waals surface area contributed by atoms with Gasteiger partial charge in [-0.2, -0.15) is 13.2 Å². The van der Waals surface area contributed by atoms with Crippen LogP contribution in [0.1, 0.15) is 5.56 Å². The molecule has 0 bridgehead atoms. The van der Waals surface area contributed by atoms with Crippen LogP contribution in [0.5, 0.6) is 0 Å². The summed E-state index contributed by atoms with van der Waals surface area (Å²) in [6.45, 7) is 0. The van der Waals surface area contributed by atoms with Crippen LogP contribution in [0.3, 0.4) is 0 Å². The van der Waals surface area contributed by atoms with Crippen molar-refractivity contribution in [3.8, 4) is 11.3 Å². The Bertz CT molecular complexity index is 949. The van der Waals surface area contributed by atoms with E-state index in [4.69, 9.17) is 4.42 Å². The first kappa shape index (κ1) is 17.0. The number of nitrogens with zero attached hydrogens (tertiary/aromatic N) is 1. The number of alkyl halides is 3. The van der Waals surface area contributed by atoms with E-state index in [0.717, 1.165) is 24.3 Å². The number of benzene rings is 2. The minimum Gasteiger partial charge on any atom is -0.444 e. The molecule has 0 aliphatic rings. The van der Waals surface area contributed by atoms with E-state index in [1.807, 2.05) is 0 Å². The third-order valence-corrected chi connectivity index (χ3v) is 4.74. The zero-order chi connectivity index (χ0) is 18.1. The summed E-state index contributed by atoms with van der Waals surface area (Å²) in [4.78, 5) is 3.52. The molecular weight excluding hydrogens is 357 g/mol. The van der Waals surface area contributed by atoms with Crippen molar-refractivity contribution in [3.63, 3.8) is 0 Å². The summed E-state index contributed by atoms with van der Waals surface area (Å²) in [6, 6.07) is 9.56. The Morgan fingerprint density at radius 1 is 0.960 bits per heavy atom. The van der Waals surface area contributed by atoms with Gasteiger partial charge in [-0.15, -0.1) is 0 Å². The van der Waals surface area contributed by atoms with Gasteiger partial charge < -0.3 is 4.42 Å². The van der Waals surface area contributed by atoms with E-state index in [1.54, 1.807) is 12.1 Å². The molecule has 1 N–H and O–H groups in total. The molecule has 130 valence electrons. The Morgan fingerprint density at radius 3 is 2.12 bits per heavy atom. The van der Waals surface area contributed by atoms with Crippen molar-refractivity contribution < 1.29 is 26.0 Å². The molecule has 3 aromatic rings. The molecular formula is C16H11F3N2O3S. The van der Waals surface area contributed by atoms with Crippen LogP contribution >= 0.6 is 0 Å². The van der Waals surface area contributed by atoms with Crippen LogP contribution in [0.15, 0.2) is 70.4 Å². The number of nitrogens with one attached hydrogen (secondary N) is 1. The van der Waals surface area contributed by atoms with Gasteiger partial charge in [-0.1, -0.05) is 0 Å². The highest BCUT2D eigenvalue weighted by Gasteiger charge is 2.30. The molecule has 0 unspecified atom stereocenters. The van der Waals surface area contributed by atoms with Gasteiger partial charge in [0, 0.05) is 11.3 Å². The van der Waals surface area contributed by atoms with E-state index >= 15 is 0 Å². The van der Waals surface area contributed by atoms with Crippen molar-refractivity contribution in [1.29, 1.82) is 0 Å². The highest BCUT2D eigenvalue weighted by molar-refractivity contribution is 7.92. The van der Waals surface area contributed by atoms with Gasteiger partial charge in [0.1, 0.15) is 0 Å². The first-order chi connectivity index (χ1) is 11.8. The largest absolute Gasteiger partial charge is 0.444 e. The molecule has 0 radical (unpaired) electrons. The lowest BCUT2D eigenvalue weighted by Gasteiger charge is -2.10. The zero-order valence-corrected chi connectivity index (χ0v) is 13.3. The second kappa shape index (κ2) is 6.25. The zero-order valence-electron chi connectivity index (χ0n) is 12.5. The first-order valence-corrected chi connectivity index (χ1v) is 8.43. The summed E-state index contributed by atoms with van der Waals surface area (Å²) in [5.74, 6) is 0.525. The monoisotopic (exact) mass is 368 g/mol. The lowest BCUT2D eigenvalue weighted by Crippen LogP contribution is -2.13. The molecule has 5 nitrogen and oxygen atoms in total. The molecule has 1 heterocycles. The van der Waals surface area contributed by atoms with Gasteiger partial charge in [-0.3, -0.25) is 4.72 Å². The highest BCUT2D eigenvalue weighted by Crippen LogP contribution is 2.30. The van der Waals surface area contributed by atoms with E-state index in [9.17, 15) is 21.6 Å². The highest BCUT2D eigenvalue weighted by atomic mass is 32.2. The summed E-state index contributed by atoms with van der Waals surface area (Å²) >= 11 is 0. The smallest absolute Gasteiger partial charge is 0.416 e. The minimum absolute atomic E-state index is 0.264. The lowest BCUT2D eigenvalue weighted by molar-refractivity contribution is -0.137. The maximum atomic E-state index is 12.5. The second-order valence-electron chi connectivity index (χ2n) is 5.07. The molecule has 2 aromatic carbocycles. The number of hydrogen-bond acceptors (Lipinski definition) is 4. The molecule has 0 atom stereocenters. The van der Waals surface area contributed by atoms with Crippen molar-refractivity contribution in [1.82, 2.24) is 4.98 Å². The lowest BCUT2D eigenvalue weighted by atomic mass is 10.2. The molecule has 0 amide bonds. The maximum absolute atomic E-state index is 12.5. The molecule has 0 spiro atoms. The Labute approximate surface area is 141 Å². The average molecular weight is 368 g/mol. The molecule has 25 heavy (non-hydrogen) atoms. The Morgan fingerprint density at radius 2 is 1.60 bits per heavy atom. The molecule has 0 aliphatic heterocycles. The fourth-order valence-electron chi connectivity index (χ4n) is 2.10. The van der Waals surface area contributed by atoms with Crippen LogP contribution in [0.2, 0.25) is 0 Å². The number of aromatic nitrogens is 1. The van der Waals surface area contributed by atoms with E-state index < -0.39 is 21.8 Å². The summed E-state index contributed by atoms with van der Waals surface area (Å²) in [7, 11) is -4.00. The van der Waals surface area contributed by atoms with Crippen molar-refractivity contribution in [2.45, 2.75) is 11.1 Å². The van der Waals surface area contributed by atoms with Gasteiger partial charge in [0.25, 0.3) is 10.0 Å². The van der Waals surface area contributed by atoms with Crippen molar-refractivity contribution in [3.05, 3.63) is 66.7 Å². The van der Waals surface area contributed by atoms with Crippen LogP contribution in [0.4, 0.5) is 18.9 Å². The summed E-state index contributed by atoms with van der Waals surface area (Å²) in [5, 5.41) is 0. The van der Waals surface area contributed by atoms with Crippen molar-refractivity contribution in [2.24, 2.45) is 0 Å². The third kappa shape index (κ3) is 3.82. The predicted molar refractivity (Wildman–Crippen MR) is 84.2 cm³/mol.